The summed E-state index contributed by atoms with van der Waals surface area (Å²) in [6, 6.07) is 17.0. The van der Waals surface area contributed by atoms with Crippen LogP contribution < -0.4 is 24.8 Å². The summed E-state index contributed by atoms with van der Waals surface area (Å²) in [5, 5.41) is 6.46. The number of ether oxygens (including phenoxy) is 3. The van der Waals surface area contributed by atoms with Crippen LogP contribution >= 0.6 is 0 Å². The smallest absolute Gasteiger partial charge is 0.224 e. The Kier molecular flexibility index (Phi) is 6.51. The number of benzene rings is 2. The third-order valence-electron chi connectivity index (χ3n) is 3.93. The molecule has 7 heteroatoms. The van der Waals surface area contributed by atoms with Crippen LogP contribution in [0.3, 0.4) is 0 Å². The molecule has 0 spiro atoms. The summed E-state index contributed by atoms with van der Waals surface area (Å²) in [5.74, 6) is 3.67. The molecule has 28 heavy (non-hydrogen) atoms. The van der Waals surface area contributed by atoms with Crippen LogP contribution in [0, 0.1) is 6.92 Å². The van der Waals surface area contributed by atoms with Crippen LogP contribution in [0.5, 0.6) is 17.2 Å². The van der Waals surface area contributed by atoms with Crippen LogP contribution in [0.1, 0.15) is 5.69 Å². The zero-order valence-electron chi connectivity index (χ0n) is 16.2. The minimum Gasteiger partial charge on any atom is -0.497 e. The van der Waals surface area contributed by atoms with Gasteiger partial charge in [-0.05, 0) is 55.5 Å². The van der Waals surface area contributed by atoms with Gasteiger partial charge in [-0.1, -0.05) is 0 Å². The Bertz CT molecular complexity index is 883. The first kappa shape index (κ1) is 19.3. The summed E-state index contributed by atoms with van der Waals surface area (Å²) < 4.78 is 16.0. The van der Waals surface area contributed by atoms with Gasteiger partial charge in [-0.25, -0.2) is 4.98 Å². The van der Waals surface area contributed by atoms with E-state index >= 15 is 0 Å². The molecule has 2 N–H and O–H groups in total. The monoisotopic (exact) mass is 380 g/mol. The number of rotatable bonds is 9. The Hall–Kier alpha value is -3.48. The summed E-state index contributed by atoms with van der Waals surface area (Å²) in [7, 11) is 3.28. The van der Waals surface area contributed by atoms with Crippen molar-refractivity contribution in [2.75, 3.05) is 38.0 Å². The maximum absolute atomic E-state index is 5.70. The van der Waals surface area contributed by atoms with Gasteiger partial charge in [0.05, 0.1) is 20.8 Å². The highest BCUT2D eigenvalue weighted by Gasteiger charge is 2.04. The molecule has 0 aliphatic heterocycles. The summed E-state index contributed by atoms with van der Waals surface area (Å²) in [6.45, 7) is 3.00. The van der Waals surface area contributed by atoms with Gasteiger partial charge in [0.25, 0.3) is 0 Å². The lowest BCUT2D eigenvalue weighted by Crippen LogP contribution is -2.14. The van der Waals surface area contributed by atoms with Crippen molar-refractivity contribution in [1.29, 1.82) is 0 Å². The van der Waals surface area contributed by atoms with E-state index in [1.165, 1.54) is 0 Å². The minimum atomic E-state index is 0.491. The lowest BCUT2D eigenvalue weighted by molar-refractivity contribution is 0.331. The topological polar surface area (TPSA) is 77.5 Å². The summed E-state index contributed by atoms with van der Waals surface area (Å²) in [4.78, 5) is 8.92. The van der Waals surface area contributed by atoms with E-state index in [0.717, 1.165) is 34.4 Å². The maximum atomic E-state index is 5.70. The van der Waals surface area contributed by atoms with E-state index in [1.54, 1.807) is 14.2 Å². The van der Waals surface area contributed by atoms with Crippen molar-refractivity contribution in [1.82, 2.24) is 9.97 Å². The van der Waals surface area contributed by atoms with Gasteiger partial charge in [0, 0.05) is 17.4 Å². The SMILES string of the molecule is COc1ccc(Nc2cc(C)nc(NCCOc3ccc(OC)cc3)n2)cc1. The van der Waals surface area contributed by atoms with Crippen LogP contribution in [0.15, 0.2) is 54.6 Å². The molecule has 0 unspecified atom stereocenters. The molecule has 0 amide bonds. The Labute approximate surface area is 164 Å². The van der Waals surface area contributed by atoms with E-state index in [4.69, 9.17) is 14.2 Å². The number of aromatic nitrogens is 2. The molecule has 3 aromatic rings. The molecule has 7 nitrogen and oxygen atoms in total. The summed E-state index contributed by atoms with van der Waals surface area (Å²) in [6.07, 6.45) is 0. The van der Waals surface area contributed by atoms with E-state index < -0.39 is 0 Å². The third-order valence-corrected chi connectivity index (χ3v) is 3.93. The third kappa shape index (κ3) is 5.51. The number of nitrogens with zero attached hydrogens (tertiary/aromatic N) is 2. The first-order valence-corrected chi connectivity index (χ1v) is 8.94. The normalized spacial score (nSPS) is 10.2. The quantitative estimate of drug-likeness (QED) is 0.543. The maximum Gasteiger partial charge on any atom is 0.224 e. The molecule has 146 valence electrons. The molecule has 0 saturated carbocycles. The minimum absolute atomic E-state index is 0.491. The molecule has 0 fully saturated rings. The molecule has 0 aliphatic rings. The number of hydrogen-bond donors (Lipinski definition) is 2. The van der Waals surface area contributed by atoms with Crippen molar-refractivity contribution < 1.29 is 14.2 Å². The molecule has 0 aliphatic carbocycles. The molecule has 2 aromatic carbocycles. The molecule has 0 bridgehead atoms. The summed E-state index contributed by atoms with van der Waals surface area (Å²) >= 11 is 0. The number of anilines is 3. The van der Waals surface area contributed by atoms with Crippen LogP contribution in [0.2, 0.25) is 0 Å². The van der Waals surface area contributed by atoms with Crippen molar-refractivity contribution in [3.63, 3.8) is 0 Å². The Morgan fingerprint density at radius 3 is 2.07 bits per heavy atom. The standard InChI is InChI=1S/C21H24N4O3/c1-15-14-20(24-16-4-6-17(26-2)7-5-16)25-21(23-15)22-12-13-28-19-10-8-18(27-3)9-11-19/h4-11,14H,12-13H2,1-3H3,(H2,22,23,24,25). The lowest BCUT2D eigenvalue weighted by Gasteiger charge is -2.11. The fourth-order valence-corrected chi connectivity index (χ4v) is 2.54. The molecule has 1 aromatic heterocycles. The van der Waals surface area contributed by atoms with Gasteiger partial charge in [0.15, 0.2) is 0 Å². The van der Waals surface area contributed by atoms with Crippen molar-refractivity contribution in [2.24, 2.45) is 0 Å². The van der Waals surface area contributed by atoms with E-state index in [0.29, 0.717) is 19.1 Å². The average Bonchev–Trinajstić information content (AvgIpc) is 2.72. The average molecular weight is 380 g/mol. The Balaban J connectivity index is 1.53. The predicted octanol–water partition coefficient (Wildman–Crippen LogP) is 4.04. The van der Waals surface area contributed by atoms with Crippen molar-refractivity contribution in [3.05, 3.63) is 60.3 Å². The van der Waals surface area contributed by atoms with Gasteiger partial charge in [-0.3, -0.25) is 0 Å². The second-order valence-corrected chi connectivity index (χ2v) is 6.02. The van der Waals surface area contributed by atoms with Crippen molar-refractivity contribution >= 4 is 17.5 Å². The number of nitrogens with one attached hydrogen (secondary N) is 2. The van der Waals surface area contributed by atoms with Crippen LogP contribution in [0.25, 0.3) is 0 Å². The predicted molar refractivity (Wildman–Crippen MR) is 110 cm³/mol. The largest absolute Gasteiger partial charge is 0.497 e. The zero-order chi connectivity index (χ0) is 19.8. The van der Waals surface area contributed by atoms with Crippen molar-refractivity contribution in [3.8, 4) is 17.2 Å². The molecule has 0 saturated heterocycles. The molecule has 1 heterocycles. The second-order valence-electron chi connectivity index (χ2n) is 6.02. The Morgan fingerprint density at radius 2 is 1.43 bits per heavy atom. The summed E-state index contributed by atoms with van der Waals surface area (Å²) in [5.41, 5.74) is 1.79. The fraction of sp³-hybridized carbons (Fsp3) is 0.238. The van der Waals surface area contributed by atoms with Gasteiger partial charge in [0.2, 0.25) is 5.95 Å². The van der Waals surface area contributed by atoms with Crippen LogP contribution in [-0.2, 0) is 0 Å². The lowest BCUT2D eigenvalue weighted by atomic mass is 10.3. The highest BCUT2D eigenvalue weighted by atomic mass is 16.5. The van der Waals surface area contributed by atoms with Gasteiger partial charge >= 0.3 is 0 Å². The fourth-order valence-electron chi connectivity index (χ4n) is 2.54. The molecule has 0 radical (unpaired) electrons. The Morgan fingerprint density at radius 1 is 0.821 bits per heavy atom. The molecular weight excluding hydrogens is 356 g/mol. The van der Waals surface area contributed by atoms with E-state index in [2.05, 4.69) is 20.6 Å². The zero-order valence-corrected chi connectivity index (χ0v) is 16.2. The van der Waals surface area contributed by atoms with Gasteiger partial charge in [0.1, 0.15) is 29.7 Å². The van der Waals surface area contributed by atoms with Crippen molar-refractivity contribution in [2.45, 2.75) is 6.92 Å². The number of methoxy groups -OCH3 is 2. The van der Waals surface area contributed by atoms with Gasteiger partial charge < -0.3 is 24.8 Å². The van der Waals surface area contributed by atoms with E-state index in [9.17, 15) is 0 Å². The second kappa shape index (κ2) is 9.45. The first-order valence-electron chi connectivity index (χ1n) is 8.94. The highest BCUT2D eigenvalue weighted by molar-refractivity contribution is 5.58. The molecular formula is C21H24N4O3. The first-order chi connectivity index (χ1) is 13.7. The van der Waals surface area contributed by atoms with Gasteiger partial charge in [-0.2, -0.15) is 4.98 Å². The highest BCUT2D eigenvalue weighted by Crippen LogP contribution is 2.20. The van der Waals surface area contributed by atoms with E-state index in [-0.39, 0.29) is 0 Å². The molecule has 0 atom stereocenters. The number of aryl methyl sites for hydroxylation is 1. The molecule has 3 rings (SSSR count). The van der Waals surface area contributed by atoms with Gasteiger partial charge in [-0.15, -0.1) is 0 Å². The van der Waals surface area contributed by atoms with Crippen LogP contribution in [-0.4, -0.2) is 37.3 Å². The number of hydrogen-bond acceptors (Lipinski definition) is 7. The van der Waals surface area contributed by atoms with Crippen LogP contribution in [0.4, 0.5) is 17.5 Å². The van der Waals surface area contributed by atoms with E-state index in [1.807, 2.05) is 61.5 Å².